The van der Waals surface area contributed by atoms with E-state index in [-0.39, 0.29) is 32.5 Å². The predicted octanol–water partition coefficient (Wildman–Crippen LogP) is 3.56. The van der Waals surface area contributed by atoms with Gasteiger partial charge in [0.1, 0.15) is 12.2 Å². The van der Waals surface area contributed by atoms with Crippen molar-refractivity contribution in [2.45, 2.75) is 32.5 Å². The first-order valence-corrected chi connectivity index (χ1v) is 9.31. The van der Waals surface area contributed by atoms with E-state index >= 15 is 0 Å². The fourth-order valence-electron chi connectivity index (χ4n) is 3.26. The molecular weight excluding hydrogens is 407 g/mol. The SMILES string of the molecule is Cc1ccc2c(COC(=O)C3CCN(C(=O)OCC(F)(F)F)CC3)cc(=O)oc2c1. The maximum atomic E-state index is 12.4. The Labute approximate surface area is 169 Å². The lowest BCUT2D eigenvalue weighted by Crippen LogP contribution is -2.41. The quantitative estimate of drug-likeness (QED) is 0.548. The number of aryl methyl sites for hydroxylation is 1. The van der Waals surface area contributed by atoms with Gasteiger partial charge in [-0.25, -0.2) is 9.59 Å². The number of carbonyl (C=O) groups excluding carboxylic acids is 2. The third kappa shape index (κ3) is 5.52. The lowest BCUT2D eigenvalue weighted by molar-refractivity contribution is -0.163. The van der Waals surface area contributed by atoms with Crippen LogP contribution in [0.1, 0.15) is 24.0 Å². The summed E-state index contributed by atoms with van der Waals surface area (Å²) in [5.41, 5.74) is 1.28. The first-order chi connectivity index (χ1) is 14.1. The summed E-state index contributed by atoms with van der Waals surface area (Å²) in [5, 5.41) is 0.662. The summed E-state index contributed by atoms with van der Waals surface area (Å²) in [5.74, 6) is -0.989. The van der Waals surface area contributed by atoms with E-state index in [9.17, 15) is 27.6 Å². The predicted molar refractivity (Wildman–Crippen MR) is 98.7 cm³/mol. The molecule has 1 aliphatic rings. The lowest BCUT2D eigenvalue weighted by atomic mass is 9.97. The van der Waals surface area contributed by atoms with Gasteiger partial charge in [0, 0.05) is 30.1 Å². The Morgan fingerprint density at radius 2 is 1.87 bits per heavy atom. The summed E-state index contributed by atoms with van der Waals surface area (Å²) in [7, 11) is 0. The number of hydrogen-bond acceptors (Lipinski definition) is 6. The Hall–Kier alpha value is -3.04. The number of benzene rings is 1. The Morgan fingerprint density at radius 1 is 1.17 bits per heavy atom. The third-order valence-electron chi connectivity index (χ3n) is 4.80. The van der Waals surface area contributed by atoms with E-state index in [2.05, 4.69) is 4.74 Å². The number of nitrogens with zero attached hydrogens (tertiary/aromatic N) is 1. The van der Waals surface area contributed by atoms with Crippen LogP contribution in [0.4, 0.5) is 18.0 Å². The molecule has 0 bridgehead atoms. The topological polar surface area (TPSA) is 86.0 Å². The molecule has 1 aromatic heterocycles. The van der Waals surface area contributed by atoms with Gasteiger partial charge < -0.3 is 18.8 Å². The number of ether oxygens (including phenoxy) is 2. The van der Waals surface area contributed by atoms with E-state index in [0.717, 1.165) is 10.5 Å². The molecule has 0 unspecified atom stereocenters. The molecule has 1 saturated heterocycles. The van der Waals surface area contributed by atoms with Gasteiger partial charge in [-0.1, -0.05) is 12.1 Å². The lowest BCUT2D eigenvalue weighted by Gasteiger charge is -2.30. The summed E-state index contributed by atoms with van der Waals surface area (Å²) in [6, 6.07) is 6.61. The number of fused-ring (bicyclic) bond motifs is 1. The van der Waals surface area contributed by atoms with Crippen LogP contribution in [0.2, 0.25) is 0 Å². The first kappa shape index (κ1) is 21.7. The van der Waals surface area contributed by atoms with Crippen molar-refractivity contribution in [2.24, 2.45) is 5.92 Å². The van der Waals surface area contributed by atoms with Gasteiger partial charge in [-0.15, -0.1) is 0 Å². The van der Waals surface area contributed by atoms with Gasteiger partial charge in [0.05, 0.1) is 5.92 Å². The van der Waals surface area contributed by atoms with Crippen LogP contribution in [-0.2, 0) is 20.9 Å². The highest BCUT2D eigenvalue weighted by Gasteiger charge is 2.33. The summed E-state index contributed by atoms with van der Waals surface area (Å²) in [6.45, 7) is 0.281. The molecule has 0 N–H and O–H groups in total. The van der Waals surface area contributed by atoms with Crippen molar-refractivity contribution < 1.29 is 36.7 Å². The zero-order valence-electron chi connectivity index (χ0n) is 16.2. The van der Waals surface area contributed by atoms with Gasteiger partial charge >= 0.3 is 23.9 Å². The highest BCUT2D eigenvalue weighted by molar-refractivity contribution is 5.81. The number of halogens is 3. The molecule has 0 saturated carbocycles. The van der Waals surface area contributed by atoms with Crippen molar-refractivity contribution in [2.75, 3.05) is 19.7 Å². The van der Waals surface area contributed by atoms with Crippen LogP contribution in [-0.4, -0.2) is 42.8 Å². The maximum Gasteiger partial charge on any atom is 0.422 e. The van der Waals surface area contributed by atoms with Crippen LogP contribution < -0.4 is 5.63 Å². The third-order valence-corrected chi connectivity index (χ3v) is 4.80. The number of alkyl halides is 3. The summed E-state index contributed by atoms with van der Waals surface area (Å²) in [6.07, 6.45) is -5.15. The monoisotopic (exact) mass is 427 g/mol. The molecule has 1 amide bonds. The summed E-state index contributed by atoms with van der Waals surface area (Å²) < 4.78 is 51.1. The number of piperidine rings is 1. The Morgan fingerprint density at radius 3 is 2.53 bits per heavy atom. The van der Waals surface area contributed by atoms with Crippen molar-refractivity contribution >= 4 is 23.0 Å². The van der Waals surface area contributed by atoms with E-state index in [4.69, 9.17) is 9.15 Å². The maximum absolute atomic E-state index is 12.4. The minimum absolute atomic E-state index is 0.0909. The molecule has 0 radical (unpaired) electrons. The van der Waals surface area contributed by atoms with Gasteiger partial charge in [-0.05, 0) is 31.4 Å². The number of carbonyl (C=O) groups is 2. The van der Waals surface area contributed by atoms with Crippen LogP contribution in [0.15, 0.2) is 33.5 Å². The zero-order valence-corrected chi connectivity index (χ0v) is 16.2. The zero-order chi connectivity index (χ0) is 21.9. The van der Waals surface area contributed by atoms with Gasteiger partial charge in [-0.2, -0.15) is 13.2 Å². The summed E-state index contributed by atoms with van der Waals surface area (Å²) >= 11 is 0. The normalized spacial score (nSPS) is 15.3. The van der Waals surface area contributed by atoms with Gasteiger partial charge in [0.15, 0.2) is 6.61 Å². The number of hydrogen-bond donors (Lipinski definition) is 0. The van der Waals surface area contributed by atoms with Crippen molar-refractivity contribution in [3.63, 3.8) is 0 Å². The number of esters is 1. The molecule has 0 atom stereocenters. The number of likely N-dealkylation sites (tertiary alicyclic amines) is 1. The molecule has 162 valence electrons. The molecular formula is C20H20F3NO6. The number of rotatable bonds is 4. The molecule has 0 aliphatic carbocycles. The molecule has 1 aliphatic heterocycles. The number of amides is 1. The second-order valence-corrected chi connectivity index (χ2v) is 7.13. The molecule has 3 rings (SSSR count). The standard InChI is InChI=1S/C20H20F3NO6/c1-12-2-3-15-14(9-17(25)30-16(15)8-12)10-28-18(26)13-4-6-24(7-5-13)19(27)29-11-20(21,22)23/h2-3,8-9,13H,4-7,10-11H2,1H3. The van der Waals surface area contributed by atoms with E-state index in [0.29, 0.717) is 16.5 Å². The minimum atomic E-state index is -4.59. The average molecular weight is 427 g/mol. The van der Waals surface area contributed by atoms with Gasteiger partial charge in [0.25, 0.3) is 0 Å². The highest BCUT2D eigenvalue weighted by atomic mass is 19.4. The molecule has 1 aromatic carbocycles. The molecule has 10 heteroatoms. The molecule has 2 aromatic rings. The second-order valence-electron chi connectivity index (χ2n) is 7.13. The molecule has 2 heterocycles. The molecule has 30 heavy (non-hydrogen) atoms. The van der Waals surface area contributed by atoms with E-state index in [1.807, 2.05) is 13.0 Å². The minimum Gasteiger partial charge on any atom is -0.461 e. The fourth-order valence-corrected chi connectivity index (χ4v) is 3.26. The largest absolute Gasteiger partial charge is 0.461 e. The van der Waals surface area contributed by atoms with Crippen LogP contribution in [0.25, 0.3) is 11.0 Å². The highest BCUT2D eigenvalue weighted by Crippen LogP contribution is 2.23. The first-order valence-electron chi connectivity index (χ1n) is 9.31. The average Bonchev–Trinajstić information content (AvgIpc) is 2.69. The van der Waals surface area contributed by atoms with Crippen LogP contribution in [0, 0.1) is 12.8 Å². The molecule has 1 fully saturated rings. The van der Waals surface area contributed by atoms with Crippen LogP contribution in [0.3, 0.4) is 0 Å². The smallest absolute Gasteiger partial charge is 0.422 e. The molecule has 7 nitrogen and oxygen atoms in total. The Balaban J connectivity index is 1.54. The summed E-state index contributed by atoms with van der Waals surface area (Å²) in [4.78, 5) is 36.9. The van der Waals surface area contributed by atoms with Crippen molar-refractivity contribution in [1.29, 1.82) is 0 Å². The Bertz CT molecular complexity index is 992. The van der Waals surface area contributed by atoms with Crippen LogP contribution in [0.5, 0.6) is 0 Å². The van der Waals surface area contributed by atoms with E-state index in [1.54, 1.807) is 12.1 Å². The second kappa shape index (κ2) is 8.76. The van der Waals surface area contributed by atoms with Crippen molar-refractivity contribution in [3.8, 4) is 0 Å². The fraction of sp³-hybridized carbons (Fsp3) is 0.450. The van der Waals surface area contributed by atoms with Gasteiger partial charge in [-0.3, -0.25) is 4.79 Å². The molecule has 0 spiro atoms. The Kier molecular flexibility index (Phi) is 6.33. The van der Waals surface area contributed by atoms with E-state index < -0.39 is 36.4 Å². The van der Waals surface area contributed by atoms with E-state index in [1.165, 1.54) is 6.07 Å². The van der Waals surface area contributed by atoms with Crippen LogP contribution >= 0.6 is 0 Å². The van der Waals surface area contributed by atoms with Crippen molar-refractivity contribution in [3.05, 3.63) is 45.8 Å². The van der Waals surface area contributed by atoms with Crippen molar-refractivity contribution in [1.82, 2.24) is 4.90 Å². The van der Waals surface area contributed by atoms with Gasteiger partial charge in [0.2, 0.25) is 0 Å².